The Balaban J connectivity index is 0. The molecular formula is BrClIMg2+. The predicted octanol–water partition coefficient (Wildman–Crippen LogP) is -9.75. The van der Waals surface area contributed by atoms with E-state index in [1.807, 2.05) is 0 Å². The van der Waals surface area contributed by atoms with E-state index in [1.165, 1.54) is 0 Å². The molecule has 0 aliphatic carbocycles. The van der Waals surface area contributed by atoms with Gasteiger partial charge in [-0.2, -0.15) is 0 Å². The van der Waals surface area contributed by atoms with Gasteiger partial charge in [-0.05, 0) is 0 Å². The standard InChI is InChI=1S/BrH.ClH.HI.2Mg/h3*1H;;/q;;;2*+2/p-3. The summed E-state index contributed by atoms with van der Waals surface area (Å²) in [4.78, 5) is 0. The largest absolute Gasteiger partial charge is 2.00 e. The maximum atomic E-state index is 0. The van der Waals surface area contributed by atoms with Crippen molar-refractivity contribution in [2.45, 2.75) is 0 Å². The number of hydrogen-bond acceptors (Lipinski definition) is 0. The molecular weight excluding hydrogens is 291 g/mol. The van der Waals surface area contributed by atoms with Crippen molar-refractivity contribution in [3.8, 4) is 0 Å². The zero-order valence-corrected chi connectivity index (χ0v) is 9.88. The van der Waals surface area contributed by atoms with Gasteiger partial charge in [-0.3, -0.25) is 0 Å². The molecule has 0 N–H and O–H groups in total. The van der Waals surface area contributed by atoms with Gasteiger partial charge in [-0.15, -0.1) is 0 Å². The van der Waals surface area contributed by atoms with Crippen molar-refractivity contribution in [1.82, 2.24) is 0 Å². The Labute approximate surface area is 97.7 Å². The van der Waals surface area contributed by atoms with E-state index in [0.717, 1.165) is 0 Å². The van der Waals surface area contributed by atoms with E-state index in [2.05, 4.69) is 0 Å². The molecule has 0 bridgehead atoms. The van der Waals surface area contributed by atoms with E-state index in [9.17, 15) is 0 Å². The van der Waals surface area contributed by atoms with Crippen LogP contribution in [0, 0.1) is 0 Å². The second kappa shape index (κ2) is 27.8. The minimum absolute atomic E-state index is 0. The summed E-state index contributed by atoms with van der Waals surface area (Å²) in [5, 5.41) is 0. The van der Waals surface area contributed by atoms with Crippen LogP contribution in [0.15, 0.2) is 0 Å². The van der Waals surface area contributed by atoms with Crippen LogP contribution in [0.5, 0.6) is 0 Å². The van der Waals surface area contributed by atoms with Gasteiger partial charge in [-0.25, -0.2) is 0 Å². The molecule has 0 aliphatic rings. The van der Waals surface area contributed by atoms with E-state index in [1.54, 1.807) is 0 Å². The molecule has 0 fully saturated rings. The van der Waals surface area contributed by atoms with Gasteiger partial charge >= 0.3 is 46.1 Å². The Morgan fingerprint density at radius 1 is 0.800 bits per heavy atom. The molecule has 0 heterocycles. The molecule has 0 rings (SSSR count). The molecule has 0 spiro atoms. The van der Waals surface area contributed by atoms with Crippen LogP contribution < -0.4 is 53.4 Å². The zero-order valence-electron chi connectivity index (χ0n) is 2.55. The van der Waals surface area contributed by atoms with Crippen molar-refractivity contribution in [2.75, 3.05) is 0 Å². The van der Waals surface area contributed by atoms with Crippen LogP contribution in [0.25, 0.3) is 0 Å². The maximum absolute atomic E-state index is 0. The minimum atomic E-state index is 0. The Kier molecular flexibility index (Phi) is 240. The van der Waals surface area contributed by atoms with Crippen LogP contribution in [0.1, 0.15) is 0 Å². The summed E-state index contributed by atoms with van der Waals surface area (Å²) in [6, 6.07) is 0. The Hall–Kier alpha value is 3.03. The molecule has 0 aliphatic heterocycles. The van der Waals surface area contributed by atoms with Gasteiger partial charge in [0, 0.05) is 0 Å². The first-order valence-corrected chi connectivity index (χ1v) is 0. The molecule has 0 aromatic carbocycles. The molecule has 0 unspecified atom stereocenters. The Morgan fingerprint density at radius 3 is 0.800 bits per heavy atom. The van der Waals surface area contributed by atoms with Crippen LogP contribution in [-0.2, 0) is 0 Å². The van der Waals surface area contributed by atoms with Gasteiger partial charge in [-0.1, -0.05) is 0 Å². The fourth-order valence-corrected chi connectivity index (χ4v) is 0. The van der Waals surface area contributed by atoms with Gasteiger partial charge in [0.25, 0.3) is 0 Å². The first-order valence-electron chi connectivity index (χ1n) is 0. The molecule has 0 aromatic rings. The van der Waals surface area contributed by atoms with Crippen LogP contribution >= 0.6 is 0 Å². The van der Waals surface area contributed by atoms with E-state index < -0.39 is 0 Å². The molecule has 0 radical (unpaired) electrons. The Morgan fingerprint density at radius 2 is 0.800 bits per heavy atom. The second-order valence-corrected chi connectivity index (χ2v) is 0. The fourth-order valence-electron chi connectivity index (χ4n) is 0. The normalized spacial score (nSPS) is 0. The van der Waals surface area contributed by atoms with Gasteiger partial charge in [0.05, 0.1) is 0 Å². The second-order valence-electron chi connectivity index (χ2n) is 0. The topological polar surface area (TPSA) is 0 Å². The summed E-state index contributed by atoms with van der Waals surface area (Å²) < 4.78 is 0. The van der Waals surface area contributed by atoms with Crippen molar-refractivity contribution in [1.29, 1.82) is 0 Å². The average Bonchev–Trinajstić information content (AvgIpc) is 0. The molecule has 5 heavy (non-hydrogen) atoms. The van der Waals surface area contributed by atoms with E-state index in [4.69, 9.17) is 0 Å². The van der Waals surface area contributed by atoms with Gasteiger partial charge in [0.2, 0.25) is 0 Å². The van der Waals surface area contributed by atoms with Crippen molar-refractivity contribution < 1.29 is 53.4 Å². The summed E-state index contributed by atoms with van der Waals surface area (Å²) in [5.74, 6) is 0. The first-order chi connectivity index (χ1) is 0. The van der Waals surface area contributed by atoms with Gasteiger partial charge < -0.3 is 53.4 Å². The SMILES string of the molecule is [Br-].[Cl-].[I-].[Mg+2].[Mg+2]. The quantitative estimate of drug-likeness (QED) is 0.307. The van der Waals surface area contributed by atoms with Crippen molar-refractivity contribution in [2.24, 2.45) is 0 Å². The van der Waals surface area contributed by atoms with Crippen molar-refractivity contribution in [3.05, 3.63) is 0 Å². The van der Waals surface area contributed by atoms with Crippen LogP contribution in [0.2, 0.25) is 0 Å². The van der Waals surface area contributed by atoms with E-state index in [0.29, 0.717) is 0 Å². The average molecular weight is 291 g/mol. The molecule has 0 nitrogen and oxygen atoms in total. The monoisotopic (exact) mass is 289 g/mol. The van der Waals surface area contributed by atoms with Crippen molar-refractivity contribution >= 4 is 46.1 Å². The summed E-state index contributed by atoms with van der Waals surface area (Å²) >= 11 is 0. The Bertz CT molecular complexity index is 9.61. The molecule has 0 aromatic heterocycles. The van der Waals surface area contributed by atoms with Crippen LogP contribution in [0.4, 0.5) is 0 Å². The zero-order chi connectivity index (χ0) is 0. The van der Waals surface area contributed by atoms with Crippen LogP contribution in [-0.4, -0.2) is 46.1 Å². The third-order valence-electron chi connectivity index (χ3n) is 0. The molecule has 0 saturated heterocycles. The fraction of sp³-hybridized carbons (Fsp3) is 0. The van der Waals surface area contributed by atoms with Crippen molar-refractivity contribution in [3.63, 3.8) is 0 Å². The first kappa shape index (κ1) is 43.2. The third kappa shape index (κ3) is 19.4. The van der Waals surface area contributed by atoms with Crippen LogP contribution in [0.3, 0.4) is 0 Å². The summed E-state index contributed by atoms with van der Waals surface area (Å²) in [5.41, 5.74) is 0. The number of hydrogen-bond donors (Lipinski definition) is 0. The van der Waals surface area contributed by atoms with E-state index >= 15 is 0 Å². The smallest absolute Gasteiger partial charge is 1.00 e. The summed E-state index contributed by atoms with van der Waals surface area (Å²) in [6.07, 6.45) is 0. The van der Waals surface area contributed by atoms with Gasteiger partial charge in [0.15, 0.2) is 0 Å². The number of rotatable bonds is 0. The van der Waals surface area contributed by atoms with E-state index in [-0.39, 0.29) is 99.5 Å². The maximum Gasteiger partial charge on any atom is 2.00 e. The summed E-state index contributed by atoms with van der Waals surface area (Å²) in [7, 11) is 0. The predicted molar refractivity (Wildman–Crippen MR) is 11.5 cm³/mol. The third-order valence-corrected chi connectivity index (χ3v) is 0. The molecule has 24 valence electrons. The summed E-state index contributed by atoms with van der Waals surface area (Å²) in [6.45, 7) is 0. The minimum Gasteiger partial charge on any atom is -1.00 e. The number of halogens is 3. The molecule has 0 amide bonds. The molecule has 0 saturated carbocycles. The van der Waals surface area contributed by atoms with Gasteiger partial charge in [0.1, 0.15) is 0 Å². The molecule has 5 heteroatoms. The molecule has 0 atom stereocenters.